The maximum atomic E-state index is 12.4. The van der Waals surface area contributed by atoms with Crippen LogP contribution in [0.2, 0.25) is 0 Å². The number of amides is 1. The molecule has 0 radical (unpaired) electrons. The molecule has 2 rings (SSSR count). The summed E-state index contributed by atoms with van der Waals surface area (Å²) in [4.78, 5) is 12.4. The highest BCUT2D eigenvalue weighted by Gasteiger charge is 2.12. The summed E-state index contributed by atoms with van der Waals surface area (Å²) in [7, 11) is 0. The van der Waals surface area contributed by atoms with E-state index in [2.05, 4.69) is 21.2 Å². The standard InChI is InChI=1S/C16H17BrN2O/c1-9-4-5-13(17)12(6-9)16(20)19-15-8-10(2)14(18)7-11(15)3/h4-8H,18H2,1-3H3,(H,19,20). The highest BCUT2D eigenvalue weighted by atomic mass is 79.9. The molecule has 0 aliphatic rings. The van der Waals surface area contributed by atoms with Gasteiger partial charge in [-0.25, -0.2) is 0 Å². The SMILES string of the molecule is Cc1ccc(Br)c(C(=O)Nc2cc(C)c(N)cc2C)c1. The zero-order chi connectivity index (χ0) is 14.9. The lowest BCUT2D eigenvalue weighted by Crippen LogP contribution is -2.14. The molecule has 0 bridgehead atoms. The van der Waals surface area contributed by atoms with E-state index in [4.69, 9.17) is 5.73 Å². The summed E-state index contributed by atoms with van der Waals surface area (Å²) in [5.41, 5.74) is 10.9. The van der Waals surface area contributed by atoms with Crippen LogP contribution in [-0.2, 0) is 0 Å². The predicted molar refractivity (Wildman–Crippen MR) is 87.2 cm³/mol. The monoisotopic (exact) mass is 332 g/mol. The van der Waals surface area contributed by atoms with Crippen molar-refractivity contribution in [2.45, 2.75) is 20.8 Å². The molecule has 0 aliphatic carbocycles. The molecule has 1 amide bonds. The van der Waals surface area contributed by atoms with Crippen molar-refractivity contribution in [1.29, 1.82) is 0 Å². The maximum Gasteiger partial charge on any atom is 0.256 e. The molecule has 0 atom stereocenters. The normalized spacial score (nSPS) is 10.4. The number of nitrogen functional groups attached to an aromatic ring is 1. The second-order valence-electron chi connectivity index (χ2n) is 4.96. The van der Waals surface area contributed by atoms with Crippen LogP contribution in [0.3, 0.4) is 0 Å². The molecule has 0 fully saturated rings. The topological polar surface area (TPSA) is 55.1 Å². The summed E-state index contributed by atoms with van der Waals surface area (Å²) in [5, 5.41) is 2.94. The van der Waals surface area contributed by atoms with E-state index in [0.29, 0.717) is 5.56 Å². The molecule has 0 unspecified atom stereocenters. The van der Waals surface area contributed by atoms with E-state index >= 15 is 0 Å². The van der Waals surface area contributed by atoms with Gasteiger partial charge in [-0.05, 0) is 72.1 Å². The van der Waals surface area contributed by atoms with Gasteiger partial charge in [0.15, 0.2) is 0 Å². The molecule has 2 aromatic carbocycles. The Kier molecular flexibility index (Phi) is 4.14. The van der Waals surface area contributed by atoms with Gasteiger partial charge in [-0.2, -0.15) is 0 Å². The van der Waals surface area contributed by atoms with Crippen LogP contribution in [0, 0.1) is 20.8 Å². The molecule has 2 aromatic rings. The third-order valence-corrected chi connectivity index (χ3v) is 3.92. The fourth-order valence-electron chi connectivity index (χ4n) is 1.98. The summed E-state index contributed by atoms with van der Waals surface area (Å²) in [6.07, 6.45) is 0. The Balaban J connectivity index is 2.32. The average Bonchev–Trinajstić information content (AvgIpc) is 2.38. The lowest BCUT2D eigenvalue weighted by molar-refractivity contribution is 0.102. The first-order chi connectivity index (χ1) is 9.38. The van der Waals surface area contributed by atoms with Crippen LogP contribution in [-0.4, -0.2) is 5.91 Å². The zero-order valence-electron chi connectivity index (χ0n) is 11.8. The van der Waals surface area contributed by atoms with Gasteiger partial charge in [0.25, 0.3) is 5.91 Å². The summed E-state index contributed by atoms with van der Waals surface area (Å²) >= 11 is 3.41. The molecule has 0 saturated heterocycles. The van der Waals surface area contributed by atoms with E-state index in [1.165, 1.54) is 0 Å². The average molecular weight is 333 g/mol. The van der Waals surface area contributed by atoms with Crippen LogP contribution in [0.25, 0.3) is 0 Å². The molecule has 3 nitrogen and oxygen atoms in total. The van der Waals surface area contributed by atoms with Crippen LogP contribution in [0.15, 0.2) is 34.8 Å². The summed E-state index contributed by atoms with van der Waals surface area (Å²) in [6.45, 7) is 5.81. The smallest absolute Gasteiger partial charge is 0.256 e. The van der Waals surface area contributed by atoms with Gasteiger partial charge in [0.2, 0.25) is 0 Å². The van der Waals surface area contributed by atoms with Gasteiger partial charge in [0.05, 0.1) is 5.56 Å². The second-order valence-corrected chi connectivity index (χ2v) is 5.82. The number of aryl methyl sites for hydroxylation is 3. The van der Waals surface area contributed by atoms with E-state index in [1.807, 2.05) is 51.1 Å². The predicted octanol–water partition coefficient (Wildman–Crippen LogP) is 4.21. The Morgan fingerprint density at radius 2 is 1.80 bits per heavy atom. The van der Waals surface area contributed by atoms with Crippen molar-refractivity contribution in [1.82, 2.24) is 0 Å². The van der Waals surface area contributed by atoms with Crippen molar-refractivity contribution in [2.24, 2.45) is 0 Å². The van der Waals surface area contributed by atoms with Crippen LogP contribution < -0.4 is 11.1 Å². The van der Waals surface area contributed by atoms with Crippen molar-refractivity contribution in [2.75, 3.05) is 11.1 Å². The highest BCUT2D eigenvalue weighted by molar-refractivity contribution is 9.10. The molecule has 0 heterocycles. The Morgan fingerprint density at radius 1 is 1.10 bits per heavy atom. The van der Waals surface area contributed by atoms with E-state index in [9.17, 15) is 4.79 Å². The number of hydrogen-bond acceptors (Lipinski definition) is 2. The van der Waals surface area contributed by atoms with E-state index < -0.39 is 0 Å². The summed E-state index contributed by atoms with van der Waals surface area (Å²) in [6, 6.07) is 9.46. The highest BCUT2D eigenvalue weighted by Crippen LogP contribution is 2.24. The van der Waals surface area contributed by atoms with Crippen molar-refractivity contribution in [3.05, 3.63) is 57.1 Å². The summed E-state index contributed by atoms with van der Waals surface area (Å²) in [5.74, 6) is -0.132. The number of halogens is 1. The zero-order valence-corrected chi connectivity index (χ0v) is 13.3. The van der Waals surface area contributed by atoms with Gasteiger partial charge in [0.1, 0.15) is 0 Å². The van der Waals surface area contributed by atoms with E-state index in [1.54, 1.807) is 0 Å². The molecular weight excluding hydrogens is 316 g/mol. The Morgan fingerprint density at radius 3 is 2.50 bits per heavy atom. The second kappa shape index (κ2) is 5.67. The minimum Gasteiger partial charge on any atom is -0.399 e. The number of nitrogens with two attached hydrogens (primary N) is 1. The van der Waals surface area contributed by atoms with Crippen molar-refractivity contribution in [3.63, 3.8) is 0 Å². The Labute approximate surface area is 127 Å². The molecule has 0 aliphatic heterocycles. The number of benzene rings is 2. The first-order valence-electron chi connectivity index (χ1n) is 6.32. The first-order valence-corrected chi connectivity index (χ1v) is 7.12. The van der Waals surface area contributed by atoms with Crippen molar-refractivity contribution < 1.29 is 4.79 Å². The Hall–Kier alpha value is -1.81. The molecule has 104 valence electrons. The van der Waals surface area contributed by atoms with Crippen LogP contribution in [0.5, 0.6) is 0 Å². The lowest BCUT2D eigenvalue weighted by atomic mass is 10.1. The number of anilines is 2. The van der Waals surface area contributed by atoms with Gasteiger partial charge >= 0.3 is 0 Å². The molecule has 0 saturated carbocycles. The molecule has 3 N–H and O–H groups in total. The van der Waals surface area contributed by atoms with Crippen LogP contribution in [0.4, 0.5) is 11.4 Å². The fraction of sp³-hybridized carbons (Fsp3) is 0.188. The molecule has 4 heteroatoms. The minimum atomic E-state index is -0.132. The summed E-state index contributed by atoms with van der Waals surface area (Å²) < 4.78 is 0.783. The van der Waals surface area contributed by atoms with E-state index in [0.717, 1.165) is 32.5 Å². The number of carbonyl (C=O) groups is 1. The Bertz CT molecular complexity index is 680. The number of rotatable bonds is 2. The third-order valence-electron chi connectivity index (χ3n) is 3.23. The number of carbonyl (C=O) groups excluding carboxylic acids is 1. The largest absolute Gasteiger partial charge is 0.399 e. The van der Waals surface area contributed by atoms with E-state index in [-0.39, 0.29) is 5.91 Å². The molecule has 20 heavy (non-hydrogen) atoms. The molecule has 0 spiro atoms. The number of nitrogens with one attached hydrogen (secondary N) is 1. The maximum absolute atomic E-state index is 12.4. The van der Waals surface area contributed by atoms with Crippen molar-refractivity contribution >= 4 is 33.2 Å². The van der Waals surface area contributed by atoms with Gasteiger partial charge < -0.3 is 11.1 Å². The van der Waals surface area contributed by atoms with Gasteiger partial charge in [-0.15, -0.1) is 0 Å². The van der Waals surface area contributed by atoms with Gasteiger partial charge in [-0.1, -0.05) is 11.6 Å². The fourth-order valence-corrected chi connectivity index (χ4v) is 2.40. The van der Waals surface area contributed by atoms with Gasteiger partial charge in [-0.3, -0.25) is 4.79 Å². The first kappa shape index (κ1) is 14.6. The minimum absolute atomic E-state index is 0.132. The quantitative estimate of drug-likeness (QED) is 0.809. The van der Waals surface area contributed by atoms with Gasteiger partial charge in [0, 0.05) is 15.8 Å². The third kappa shape index (κ3) is 3.02. The number of hydrogen-bond donors (Lipinski definition) is 2. The van der Waals surface area contributed by atoms with Crippen LogP contribution in [0.1, 0.15) is 27.0 Å². The molecular formula is C16H17BrN2O. The van der Waals surface area contributed by atoms with Crippen LogP contribution >= 0.6 is 15.9 Å². The van der Waals surface area contributed by atoms with Crippen molar-refractivity contribution in [3.8, 4) is 0 Å². The lowest BCUT2D eigenvalue weighted by Gasteiger charge is -2.12. The molecule has 0 aromatic heterocycles.